The first-order chi connectivity index (χ1) is 12.7. The van der Waals surface area contributed by atoms with Crippen LogP contribution in [-0.4, -0.2) is 45.1 Å². The molecule has 3 aromatic rings. The summed E-state index contributed by atoms with van der Waals surface area (Å²) in [7, 11) is 0. The molecule has 1 aliphatic rings. The number of carbonyl (C=O) groups excluding carboxylic acids is 1. The summed E-state index contributed by atoms with van der Waals surface area (Å²) in [5, 5.41) is 8.59. The fraction of sp³-hybridized carbons (Fsp3) is 0.350. The van der Waals surface area contributed by atoms with Gasteiger partial charge in [0.2, 0.25) is 0 Å². The molecule has 0 saturated carbocycles. The summed E-state index contributed by atoms with van der Waals surface area (Å²) in [6.07, 6.45) is 3.79. The van der Waals surface area contributed by atoms with Crippen LogP contribution in [0.3, 0.4) is 0 Å². The maximum Gasteiger partial charge on any atom is 0.260 e. The van der Waals surface area contributed by atoms with Gasteiger partial charge in [-0.2, -0.15) is 0 Å². The van der Waals surface area contributed by atoms with Crippen molar-refractivity contribution in [3.63, 3.8) is 0 Å². The molecule has 0 atom stereocenters. The second-order valence-electron chi connectivity index (χ2n) is 6.75. The Labute approximate surface area is 152 Å². The molecule has 1 aliphatic heterocycles. The Morgan fingerprint density at radius 1 is 1.15 bits per heavy atom. The number of likely N-dealkylation sites (tertiary alicyclic amines) is 1. The van der Waals surface area contributed by atoms with E-state index in [2.05, 4.69) is 10.2 Å². The van der Waals surface area contributed by atoms with Gasteiger partial charge in [-0.05, 0) is 49.6 Å². The third-order valence-electron chi connectivity index (χ3n) is 4.90. The molecule has 3 heterocycles. The Bertz CT molecular complexity index is 913. The molecule has 0 spiro atoms. The number of aromatic nitrogens is 3. The Hall–Kier alpha value is -2.89. The smallest absolute Gasteiger partial charge is 0.260 e. The third kappa shape index (κ3) is 3.40. The van der Waals surface area contributed by atoms with Crippen molar-refractivity contribution < 1.29 is 9.53 Å². The van der Waals surface area contributed by atoms with Crippen LogP contribution in [0.4, 0.5) is 0 Å². The van der Waals surface area contributed by atoms with Crippen LogP contribution in [0.15, 0.2) is 48.7 Å². The van der Waals surface area contributed by atoms with Crippen LogP contribution in [0.2, 0.25) is 0 Å². The van der Waals surface area contributed by atoms with Crippen LogP contribution >= 0.6 is 0 Å². The molecular weight excluding hydrogens is 328 g/mol. The zero-order chi connectivity index (χ0) is 17.9. The van der Waals surface area contributed by atoms with E-state index in [1.54, 1.807) is 0 Å². The molecule has 1 amide bonds. The monoisotopic (exact) mass is 350 g/mol. The molecular formula is C20H22N4O2. The summed E-state index contributed by atoms with van der Waals surface area (Å²) in [4.78, 5) is 14.3. The van der Waals surface area contributed by atoms with Gasteiger partial charge in [-0.25, -0.2) is 0 Å². The normalized spacial score (nSPS) is 15.3. The number of ether oxygens (including phenoxy) is 1. The van der Waals surface area contributed by atoms with E-state index in [-0.39, 0.29) is 12.5 Å². The lowest BCUT2D eigenvalue weighted by Gasteiger charge is -2.31. The van der Waals surface area contributed by atoms with Crippen molar-refractivity contribution in [1.29, 1.82) is 0 Å². The zero-order valence-electron chi connectivity index (χ0n) is 14.8. The first-order valence-corrected chi connectivity index (χ1v) is 8.97. The number of rotatable bonds is 4. The fourth-order valence-corrected chi connectivity index (χ4v) is 3.47. The Morgan fingerprint density at radius 2 is 2.00 bits per heavy atom. The van der Waals surface area contributed by atoms with E-state index in [0.29, 0.717) is 5.92 Å². The zero-order valence-corrected chi connectivity index (χ0v) is 14.8. The lowest BCUT2D eigenvalue weighted by Crippen LogP contribution is -2.40. The van der Waals surface area contributed by atoms with E-state index in [1.165, 1.54) is 0 Å². The Kier molecular flexibility index (Phi) is 4.56. The van der Waals surface area contributed by atoms with Crippen molar-refractivity contribution in [2.24, 2.45) is 0 Å². The topological polar surface area (TPSA) is 59.7 Å². The molecule has 2 aromatic heterocycles. The number of amides is 1. The third-order valence-corrected chi connectivity index (χ3v) is 4.90. The van der Waals surface area contributed by atoms with Crippen molar-refractivity contribution in [3.05, 3.63) is 60.0 Å². The summed E-state index contributed by atoms with van der Waals surface area (Å²) in [5.74, 6) is 2.09. The van der Waals surface area contributed by atoms with Crippen molar-refractivity contribution in [2.45, 2.75) is 25.7 Å². The molecule has 0 aliphatic carbocycles. The van der Waals surface area contributed by atoms with E-state index in [1.807, 2.05) is 64.9 Å². The van der Waals surface area contributed by atoms with Gasteiger partial charge in [0.05, 0.1) is 0 Å². The van der Waals surface area contributed by atoms with Gasteiger partial charge in [0.25, 0.3) is 5.91 Å². The average molecular weight is 350 g/mol. The summed E-state index contributed by atoms with van der Waals surface area (Å²) < 4.78 is 7.69. The minimum absolute atomic E-state index is 0.0380. The van der Waals surface area contributed by atoms with E-state index in [4.69, 9.17) is 4.74 Å². The maximum atomic E-state index is 12.4. The highest BCUT2D eigenvalue weighted by molar-refractivity contribution is 5.77. The van der Waals surface area contributed by atoms with E-state index >= 15 is 0 Å². The maximum absolute atomic E-state index is 12.4. The molecule has 1 fully saturated rings. The minimum Gasteiger partial charge on any atom is -0.484 e. The fourth-order valence-electron chi connectivity index (χ4n) is 3.47. The highest BCUT2D eigenvalue weighted by Crippen LogP contribution is 2.27. The van der Waals surface area contributed by atoms with Crippen LogP contribution < -0.4 is 4.74 Å². The predicted octanol–water partition coefficient (Wildman–Crippen LogP) is 2.82. The molecule has 0 radical (unpaired) electrons. The molecule has 0 unspecified atom stereocenters. The Balaban J connectivity index is 1.33. The van der Waals surface area contributed by atoms with Crippen molar-refractivity contribution >= 4 is 11.6 Å². The minimum atomic E-state index is 0.0380. The van der Waals surface area contributed by atoms with Crippen molar-refractivity contribution in [1.82, 2.24) is 19.5 Å². The molecule has 134 valence electrons. The molecule has 6 nitrogen and oxygen atoms in total. The lowest BCUT2D eigenvalue weighted by molar-refractivity contribution is -0.134. The highest BCUT2D eigenvalue weighted by atomic mass is 16.5. The van der Waals surface area contributed by atoms with Crippen LogP contribution in [0.5, 0.6) is 5.75 Å². The molecule has 0 N–H and O–H groups in total. The van der Waals surface area contributed by atoms with Gasteiger partial charge in [0.15, 0.2) is 12.3 Å². The van der Waals surface area contributed by atoms with Gasteiger partial charge < -0.3 is 9.64 Å². The van der Waals surface area contributed by atoms with E-state index in [0.717, 1.165) is 48.7 Å². The van der Waals surface area contributed by atoms with Crippen LogP contribution in [0, 0.1) is 6.92 Å². The molecule has 6 heteroatoms. The van der Waals surface area contributed by atoms with Crippen LogP contribution in [0.1, 0.15) is 30.1 Å². The average Bonchev–Trinajstić information content (AvgIpc) is 3.10. The first-order valence-electron chi connectivity index (χ1n) is 8.97. The molecule has 4 rings (SSSR count). The number of pyridine rings is 1. The van der Waals surface area contributed by atoms with Crippen LogP contribution in [0.25, 0.3) is 5.65 Å². The number of piperidine rings is 1. The number of benzene rings is 1. The molecule has 26 heavy (non-hydrogen) atoms. The molecule has 1 saturated heterocycles. The summed E-state index contributed by atoms with van der Waals surface area (Å²) >= 11 is 0. The quantitative estimate of drug-likeness (QED) is 0.726. The summed E-state index contributed by atoms with van der Waals surface area (Å²) in [6, 6.07) is 13.7. The Morgan fingerprint density at radius 3 is 2.81 bits per heavy atom. The molecule has 0 bridgehead atoms. The van der Waals surface area contributed by atoms with Crippen molar-refractivity contribution in [2.75, 3.05) is 19.7 Å². The van der Waals surface area contributed by atoms with E-state index in [9.17, 15) is 4.79 Å². The van der Waals surface area contributed by atoms with Gasteiger partial charge >= 0.3 is 0 Å². The second kappa shape index (κ2) is 7.15. The standard InChI is InChI=1S/C20H22N4O2/c1-15-5-4-6-17(13-15)26-14-19(25)23-11-8-16(9-12-23)20-22-21-18-7-2-3-10-24(18)20/h2-7,10,13,16H,8-9,11-12,14H2,1H3. The first kappa shape index (κ1) is 16.6. The molecule has 1 aromatic carbocycles. The predicted molar refractivity (Wildman–Crippen MR) is 98.2 cm³/mol. The van der Waals surface area contributed by atoms with Gasteiger partial charge in [-0.15, -0.1) is 10.2 Å². The van der Waals surface area contributed by atoms with Gasteiger partial charge in [-0.3, -0.25) is 9.20 Å². The number of aryl methyl sites for hydroxylation is 1. The highest BCUT2D eigenvalue weighted by Gasteiger charge is 2.26. The van der Waals surface area contributed by atoms with Gasteiger partial charge in [-0.1, -0.05) is 18.2 Å². The number of nitrogens with zero attached hydrogens (tertiary/aromatic N) is 4. The van der Waals surface area contributed by atoms with Gasteiger partial charge in [0, 0.05) is 25.2 Å². The van der Waals surface area contributed by atoms with Crippen molar-refractivity contribution in [3.8, 4) is 5.75 Å². The SMILES string of the molecule is Cc1cccc(OCC(=O)N2CCC(c3nnc4ccccn34)CC2)c1. The van der Waals surface area contributed by atoms with E-state index < -0.39 is 0 Å². The summed E-state index contributed by atoms with van der Waals surface area (Å²) in [5.41, 5.74) is 1.99. The lowest BCUT2D eigenvalue weighted by atomic mass is 9.96. The number of fused-ring (bicyclic) bond motifs is 1. The number of hydrogen-bond donors (Lipinski definition) is 0. The summed E-state index contributed by atoms with van der Waals surface area (Å²) in [6.45, 7) is 3.54. The van der Waals surface area contributed by atoms with Crippen LogP contribution in [-0.2, 0) is 4.79 Å². The van der Waals surface area contributed by atoms with Gasteiger partial charge in [0.1, 0.15) is 11.6 Å². The number of hydrogen-bond acceptors (Lipinski definition) is 4. The second-order valence-corrected chi connectivity index (χ2v) is 6.75. The largest absolute Gasteiger partial charge is 0.484 e. The number of carbonyl (C=O) groups is 1.